The highest BCUT2D eigenvalue weighted by molar-refractivity contribution is 7.89. The lowest BCUT2D eigenvalue weighted by molar-refractivity contribution is -0.384. The Kier molecular flexibility index (Phi) is 8.35. The standard InChI is InChI=1S/C27H33N5O7S/c1-16-6-8-31(9-7-16)27(33)23(10-17-4-5-21(28)24(11-17)32(34)35)30-40(36,37)19-12-18-13-25(38-2)26(39-3)15-20(18)22(29)14-19/h4-5,11-16,23,30H,6-10,28-29H2,1-3H3. The van der Waals surface area contributed by atoms with E-state index < -0.39 is 26.9 Å². The fraction of sp³-hybridized carbons (Fsp3) is 0.370. The number of nitrogens with zero attached hydrogens (tertiary/aromatic N) is 2. The van der Waals surface area contributed by atoms with Crippen LogP contribution in [0.15, 0.2) is 47.4 Å². The minimum Gasteiger partial charge on any atom is -0.493 e. The van der Waals surface area contributed by atoms with E-state index in [0.29, 0.717) is 46.8 Å². The summed E-state index contributed by atoms with van der Waals surface area (Å²) in [6.45, 7) is 3.08. The number of benzene rings is 3. The Bertz CT molecular complexity index is 1550. The van der Waals surface area contributed by atoms with Gasteiger partial charge in [0.05, 0.1) is 24.0 Å². The number of likely N-dealkylation sites (tertiary alicyclic amines) is 1. The Hall–Kier alpha value is -4.10. The van der Waals surface area contributed by atoms with Crippen molar-refractivity contribution >= 4 is 43.8 Å². The van der Waals surface area contributed by atoms with Gasteiger partial charge in [-0.1, -0.05) is 13.0 Å². The number of nitro groups is 1. The molecule has 40 heavy (non-hydrogen) atoms. The van der Waals surface area contributed by atoms with Crippen LogP contribution in [0.2, 0.25) is 0 Å². The lowest BCUT2D eigenvalue weighted by Crippen LogP contribution is -2.51. The smallest absolute Gasteiger partial charge is 0.292 e. The third-order valence-electron chi connectivity index (χ3n) is 7.19. The number of carbonyl (C=O) groups excluding carboxylic acids is 1. The molecule has 1 aliphatic heterocycles. The molecule has 12 nitrogen and oxygen atoms in total. The van der Waals surface area contributed by atoms with Gasteiger partial charge in [-0.15, -0.1) is 0 Å². The van der Waals surface area contributed by atoms with Gasteiger partial charge in [0.2, 0.25) is 15.9 Å². The highest BCUT2D eigenvalue weighted by Crippen LogP contribution is 2.36. The first-order valence-electron chi connectivity index (χ1n) is 12.7. The van der Waals surface area contributed by atoms with Crippen LogP contribution >= 0.6 is 0 Å². The molecular weight excluding hydrogens is 538 g/mol. The molecule has 0 bridgehead atoms. The Morgan fingerprint density at radius 1 is 1.07 bits per heavy atom. The minimum atomic E-state index is -4.27. The van der Waals surface area contributed by atoms with Crippen LogP contribution in [0.1, 0.15) is 25.3 Å². The molecule has 1 saturated heterocycles. The molecule has 1 atom stereocenters. The molecule has 3 aromatic rings. The van der Waals surface area contributed by atoms with Crippen LogP contribution in [0.25, 0.3) is 10.8 Å². The van der Waals surface area contributed by atoms with Gasteiger partial charge in [0, 0.05) is 30.2 Å². The van der Waals surface area contributed by atoms with Crippen molar-refractivity contribution in [2.45, 2.75) is 37.1 Å². The zero-order valence-electron chi connectivity index (χ0n) is 22.5. The number of sulfonamides is 1. The van der Waals surface area contributed by atoms with Crippen molar-refractivity contribution in [2.24, 2.45) is 5.92 Å². The van der Waals surface area contributed by atoms with Crippen LogP contribution in [0.3, 0.4) is 0 Å². The SMILES string of the molecule is COc1cc2cc(S(=O)(=O)NC(Cc3ccc(N)c([N+](=O)[O-])c3)C(=O)N3CCC(C)CC3)cc(N)c2cc1OC. The van der Waals surface area contributed by atoms with Crippen LogP contribution in [0.5, 0.6) is 11.5 Å². The zero-order chi connectivity index (χ0) is 29.2. The molecular formula is C27H33N5O7S. The third kappa shape index (κ3) is 6.05. The van der Waals surface area contributed by atoms with E-state index in [1.807, 2.05) is 0 Å². The van der Waals surface area contributed by atoms with Crippen molar-refractivity contribution < 1.29 is 27.6 Å². The molecule has 214 valence electrons. The molecule has 3 aromatic carbocycles. The average molecular weight is 572 g/mol. The molecule has 4 rings (SSSR count). The van der Waals surface area contributed by atoms with Gasteiger partial charge in [0.25, 0.3) is 5.69 Å². The number of nitro benzene ring substituents is 1. The monoisotopic (exact) mass is 571 g/mol. The van der Waals surface area contributed by atoms with Crippen molar-refractivity contribution in [3.8, 4) is 11.5 Å². The zero-order valence-corrected chi connectivity index (χ0v) is 23.4. The maximum Gasteiger partial charge on any atom is 0.292 e. The summed E-state index contributed by atoms with van der Waals surface area (Å²) >= 11 is 0. The molecule has 13 heteroatoms. The summed E-state index contributed by atoms with van der Waals surface area (Å²) < 4.78 is 40.5. The third-order valence-corrected chi connectivity index (χ3v) is 8.65. The van der Waals surface area contributed by atoms with Gasteiger partial charge in [-0.2, -0.15) is 4.72 Å². The summed E-state index contributed by atoms with van der Waals surface area (Å²) in [6.07, 6.45) is 1.48. The predicted octanol–water partition coefficient (Wildman–Crippen LogP) is 3.08. The molecule has 0 spiro atoms. The Labute approximate surface area is 232 Å². The normalized spacial score (nSPS) is 15.1. The Morgan fingerprint density at radius 2 is 1.73 bits per heavy atom. The molecule has 0 aromatic heterocycles. The van der Waals surface area contributed by atoms with E-state index in [4.69, 9.17) is 20.9 Å². The largest absolute Gasteiger partial charge is 0.493 e. The molecule has 1 unspecified atom stereocenters. The second-order valence-corrected chi connectivity index (χ2v) is 11.7. The fourth-order valence-corrected chi connectivity index (χ4v) is 6.10. The minimum absolute atomic E-state index is 0.0269. The summed E-state index contributed by atoms with van der Waals surface area (Å²) in [5.74, 6) is 0.883. The summed E-state index contributed by atoms with van der Waals surface area (Å²) in [6, 6.07) is 8.99. The number of carbonyl (C=O) groups is 1. The van der Waals surface area contributed by atoms with E-state index in [2.05, 4.69) is 11.6 Å². The number of fused-ring (bicyclic) bond motifs is 1. The number of methoxy groups -OCH3 is 2. The number of hydrogen-bond acceptors (Lipinski definition) is 9. The van der Waals surface area contributed by atoms with Gasteiger partial charge in [-0.05, 0) is 66.5 Å². The Morgan fingerprint density at radius 3 is 2.35 bits per heavy atom. The average Bonchev–Trinajstić information content (AvgIpc) is 2.92. The van der Waals surface area contributed by atoms with E-state index >= 15 is 0 Å². The van der Waals surface area contributed by atoms with Crippen LogP contribution in [-0.2, 0) is 21.2 Å². The van der Waals surface area contributed by atoms with E-state index in [-0.39, 0.29) is 28.4 Å². The number of anilines is 2. The first-order chi connectivity index (χ1) is 18.9. The molecule has 0 saturated carbocycles. The first kappa shape index (κ1) is 28.9. The van der Waals surface area contributed by atoms with Crippen LogP contribution in [0, 0.1) is 16.0 Å². The highest BCUT2D eigenvalue weighted by atomic mass is 32.2. The molecule has 1 amide bonds. The maximum absolute atomic E-state index is 13.7. The number of nitrogens with two attached hydrogens (primary N) is 2. The van der Waals surface area contributed by atoms with Gasteiger partial charge >= 0.3 is 0 Å². The number of piperidine rings is 1. The van der Waals surface area contributed by atoms with Gasteiger partial charge in [0.1, 0.15) is 11.7 Å². The molecule has 1 heterocycles. The van der Waals surface area contributed by atoms with E-state index in [1.54, 1.807) is 23.1 Å². The number of amides is 1. The van der Waals surface area contributed by atoms with Crippen molar-refractivity contribution in [2.75, 3.05) is 38.8 Å². The van der Waals surface area contributed by atoms with Crippen LogP contribution < -0.4 is 25.7 Å². The summed E-state index contributed by atoms with van der Waals surface area (Å²) in [4.78, 5) is 25.9. The Balaban J connectivity index is 1.71. The molecule has 5 N–H and O–H groups in total. The number of ether oxygens (including phenoxy) is 2. The van der Waals surface area contributed by atoms with Gasteiger partial charge in [0.15, 0.2) is 11.5 Å². The van der Waals surface area contributed by atoms with Gasteiger partial charge < -0.3 is 25.8 Å². The quantitative estimate of drug-likeness (QED) is 0.198. The molecule has 0 aliphatic carbocycles. The summed E-state index contributed by atoms with van der Waals surface area (Å²) in [7, 11) is -1.31. The van der Waals surface area contributed by atoms with E-state index in [9.17, 15) is 23.3 Å². The summed E-state index contributed by atoms with van der Waals surface area (Å²) in [5, 5.41) is 12.5. The van der Waals surface area contributed by atoms with Gasteiger partial charge in [-0.3, -0.25) is 14.9 Å². The lowest BCUT2D eigenvalue weighted by atomic mass is 9.97. The van der Waals surface area contributed by atoms with Crippen molar-refractivity contribution in [1.82, 2.24) is 9.62 Å². The van der Waals surface area contributed by atoms with Crippen molar-refractivity contribution in [3.63, 3.8) is 0 Å². The van der Waals surface area contributed by atoms with Crippen molar-refractivity contribution in [3.05, 3.63) is 58.1 Å². The fourth-order valence-electron chi connectivity index (χ4n) is 4.84. The second kappa shape index (κ2) is 11.6. The maximum atomic E-state index is 13.7. The predicted molar refractivity (Wildman–Crippen MR) is 152 cm³/mol. The second-order valence-electron chi connectivity index (χ2n) is 9.98. The van der Waals surface area contributed by atoms with E-state index in [0.717, 1.165) is 12.8 Å². The van der Waals surface area contributed by atoms with Crippen molar-refractivity contribution in [1.29, 1.82) is 0 Å². The number of rotatable bonds is 9. The number of nitrogens with one attached hydrogen (secondary N) is 1. The van der Waals surface area contributed by atoms with Crippen LogP contribution in [0.4, 0.5) is 17.1 Å². The summed E-state index contributed by atoms with van der Waals surface area (Å²) in [5.41, 5.74) is 12.2. The highest BCUT2D eigenvalue weighted by Gasteiger charge is 2.32. The first-order valence-corrected chi connectivity index (χ1v) is 14.2. The molecule has 0 radical (unpaired) electrons. The molecule has 1 aliphatic rings. The van der Waals surface area contributed by atoms with Gasteiger partial charge in [-0.25, -0.2) is 8.42 Å². The molecule has 1 fully saturated rings. The lowest BCUT2D eigenvalue weighted by Gasteiger charge is -2.33. The number of hydrogen-bond donors (Lipinski definition) is 3. The van der Waals surface area contributed by atoms with E-state index in [1.165, 1.54) is 38.5 Å². The topological polar surface area (TPSA) is 180 Å². The van der Waals surface area contributed by atoms with Crippen LogP contribution in [-0.4, -0.2) is 57.5 Å². The number of nitrogen functional groups attached to an aromatic ring is 2.